The number of hydrogen-bond donors (Lipinski definition) is 0. The molecule has 1 saturated heterocycles. The minimum absolute atomic E-state index is 0.312. The standard InChI is InChI=1S/C24H27BO2S/c1-23(2)24(3,4)27-25(26-23)18-11-12-19-20-13-16-9-7-8-10-17(16)14-21(20)28(5,6)22(19)15-18/h7-15H,1-6H3. The van der Waals surface area contributed by atoms with Crippen molar-refractivity contribution in [2.75, 3.05) is 12.5 Å². The minimum Gasteiger partial charge on any atom is -0.399 e. The first kappa shape index (κ1) is 18.3. The molecule has 0 N–H and O–H groups in total. The van der Waals surface area contributed by atoms with Crippen LogP contribution in [0.2, 0.25) is 0 Å². The second-order valence-electron chi connectivity index (χ2n) is 9.37. The summed E-state index contributed by atoms with van der Waals surface area (Å²) in [4.78, 5) is 2.91. The Morgan fingerprint density at radius 2 is 1.29 bits per heavy atom. The van der Waals surface area contributed by atoms with Gasteiger partial charge in [0, 0.05) is 9.79 Å². The Morgan fingerprint density at radius 1 is 0.714 bits per heavy atom. The molecule has 0 unspecified atom stereocenters. The van der Waals surface area contributed by atoms with Gasteiger partial charge >= 0.3 is 7.12 Å². The zero-order valence-electron chi connectivity index (χ0n) is 17.5. The molecule has 3 aromatic rings. The second kappa shape index (κ2) is 5.66. The maximum Gasteiger partial charge on any atom is 0.494 e. The van der Waals surface area contributed by atoms with Crippen LogP contribution in [0, 0.1) is 0 Å². The molecule has 144 valence electrons. The van der Waals surface area contributed by atoms with Crippen LogP contribution in [-0.4, -0.2) is 30.8 Å². The van der Waals surface area contributed by atoms with E-state index in [2.05, 4.69) is 94.8 Å². The van der Waals surface area contributed by atoms with Crippen molar-refractivity contribution in [1.29, 1.82) is 0 Å². The van der Waals surface area contributed by atoms with Crippen LogP contribution in [-0.2, 0) is 9.31 Å². The Labute approximate surface area is 169 Å². The van der Waals surface area contributed by atoms with E-state index in [1.165, 1.54) is 31.7 Å². The highest BCUT2D eigenvalue weighted by Crippen LogP contribution is 2.67. The van der Waals surface area contributed by atoms with Crippen molar-refractivity contribution in [3.8, 4) is 11.1 Å². The lowest BCUT2D eigenvalue weighted by molar-refractivity contribution is 0.00578. The molecule has 2 aliphatic rings. The molecule has 0 atom stereocenters. The molecular formula is C24H27BO2S. The van der Waals surface area contributed by atoms with E-state index in [0.717, 1.165) is 5.46 Å². The maximum atomic E-state index is 6.31. The molecular weight excluding hydrogens is 363 g/mol. The quantitative estimate of drug-likeness (QED) is 0.504. The molecule has 0 aliphatic carbocycles. The van der Waals surface area contributed by atoms with Crippen molar-refractivity contribution in [2.45, 2.75) is 48.7 Å². The second-order valence-corrected chi connectivity index (χ2v) is 12.9. The summed E-state index contributed by atoms with van der Waals surface area (Å²) in [5, 5.41) is 2.63. The van der Waals surface area contributed by atoms with E-state index in [9.17, 15) is 0 Å². The van der Waals surface area contributed by atoms with E-state index in [0.29, 0.717) is 0 Å². The highest BCUT2D eigenvalue weighted by Gasteiger charge is 2.52. The minimum atomic E-state index is -1.08. The van der Waals surface area contributed by atoms with Crippen LogP contribution in [0.4, 0.5) is 0 Å². The first-order valence-corrected chi connectivity index (χ1v) is 12.3. The molecule has 0 spiro atoms. The van der Waals surface area contributed by atoms with Gasteiger partial charge in [-0.25, -0.2) is 0 Å². The summed E-state index contributed by atoms with van der Waals surface area (Å²) in [6, 6.07) is 20.2. The number of benzene rings is 3. The first-order valence-electron chi connectivity index (χ1n) is 9.86. The predicted molar refractivity (Wildman–Crippen MR) is 121 cm³/mol. The molecule has 0 aromatic heterocycles. The monoisotopic (exact) mass is 390 g/mol. The zero-order valence-corrected chi connectivity index (χ0v) is 18.3. The topological polar surface area (TPSA) is 18.5 Å². The first-order chi connectivity index (χ1) is 13.1. The highest BCUT2D eigenvalue weighted by atomic mass is 32.3. The van der Waals surface area contributed by atoms with Gasteiger partial charge in [0.15, 0.2) is 0 Å². The van der Waals surface area contributed by atoms with Gasteiger partial charge in [-0.2, -0.15) is 10.0 Å². The molecule has 2 heterocycles. The predicted octanol–water partition coefficient (Wildman–Crippen LogP) is 5.60. The maximum absolute atomic E-state index is 6.31. The lowest BCUT2D eigenvalue weighted by Gasteiger charge is -2.32. The van der Waals surface area contributed by atoms with E-state index >= 15 is 0 Å². The molecule has 5 rings (SSSR count). The Bertz CT molecular complexity index is 1100. The summed E-state index contributed by atoms with van der Waals surface area (Å²) in [5.41, 5.74) is 3.23. The summed E-state index contributed by atoms with van der Waals surface area (Å²) in [6.07, 6.45) is 4.81. The molecule has 28 heavy (non-hydrogen) atoms. The van der Waals surface area contributed by atoms with Crippen molar-refractivity contribution in [3.05, 3.63) is 54.6 Å². The van der Waals surface area contributed by atoms with Crippen molar-refractivity contribution in [2.24, 2.45) is 0 Å². The van der Waals surface area contributed by atoms with Crippen LogP contribution in [0.25, 0.3) is 21.9 Å². The Kier molecular flexibility index (Phi) is 3.70. The van der Waals surface area contributed by atoms with Crippen molar-refractivity contribution in [3.63, 3.8) is 0 Å². The van der Waals surface area contributed by atoms with Gasteiger partial charge in [-0.3, -0.25) is 0 Å². The van der Waals surface area contributed by atoms with Crippen LogP contribution in [0.15, 0.2) is 64.4 Å². The Balaban J connectivity index is 1.63. The van der Waals surface area contributed by atoms with E-state index < -0.39 is 10.0 Å². The highest BCUT2D eigenvalue weighted by molar-refractivity contribution is 8.33. The number of fused-ring (bicyclic) bond motifs is 4. The summed E-state index contributed by atoms with van der Waals surface area (Å²) in [7, 11) is -1.39. The number of hydrogen-bond acceptors (Lipinski definition) is 2. The lowest BCUT2D eigenvalue weighted by atomic mass is 9.78. The smallest absolute Gasteiger partial charge is 0.399 e. The molecule has 3 aromatic carbocycles. The van der Waals surface area contributed by atoms with Gasteiger partial charge < -0.3 is 9.31 Å². The molecule has 2 nitrogen and oxygen atoms in total. The van der Waals surface area contributed by atoms with Crippen molar-refractivity contribution >= 4 is 33.4 Å². The van der Waals surface area contributed by atoms with Crippen LogP contribution >= 0.6 is 10.0 Å². The van der Waals surface area contributed by atoms with Crippen molar-refractivity contribution < 1.29 is 9.31 Å². The molecule has 1 fully saturated rings. The molecule has 0 amide bonds. The van der Waals surface area contributed by atoms with E-state index in [-0.39, 0.29) is 18.3 Å². The largest absolute Gasteiger partial charge is 0.494 e. The average Bonchev–Trinajstić information content (AvgIpc) is 2.99. The van der Waals surface area contributed by atoms with Gasteiger partial charge in [-0.05, 0) is 85.8 Å². The summed E-state index contributed by atoms with van der Waals surface area (Å²) >= 11 is 0. The van der Waals surface area contributed by atoms with Gasteiger partial charge in [0.25, 0.3) is 0 Å². The van der Waals surface area contributed by atoms with Crippen LogP contribution < -0.4 is 5.46 Å². The van der Waals surface area contributed by atoms with Gasteiger partial charge in [-0.1, -0.05) is 36.4 Å². The molecule has 0 radical (unpaired) electrons. The van der Waals surface area contributed by atoms with Gasteiger partial charge in [0.2, 0.25) is 0 Å². The molecule has 2 aliphatic heterocycles. The van der Waals surface area contributed by atoms with Crippen LogP contribution in [0.5, 0.6) is 0 Å². The molecule has 0 saturated carbocycles. The summed E-state index contributed by atoms with van der Waals surface area (Å²) < 4.78 is 12.6. The fourth-order valence-corrected chi connectivity index (χ4v) is 6.82. The zero-order chi connectivity index (χ0) is 19.9. The number of rotatable bonds is 1. The normalized spacial score (nSPS) is 22.1. The molecule has 0 bridgehead atoms. The van der Waals surface area contributed by atoms with Crippen molar-refractivity contribution in [1.82, 2.24) is 0 Å². The van der Waals surface area contributed by atoms with E-state index in [1.807, 2.05) is 0 Å². The van der Waals surface area contributed by atoms with Gasteiger partial charge in [0.05, 0.1) is 11.2 Å². The third-order valence-corrected chi connectivity index (χ3v) is 9.64. The summed E-state index contributed by atoms with van der Waals surface area (Å²) in [5.74, 6) is 0. The van der Waals surface area contributed by atoms with Crippen LogP contribution in [0.1, 0.15) is 27.7 Å². The lowest BCUT2D eigenvalue weighted by Crippen LogP contribution is -2.41. The Morgan fingerprint density at radius 3 is 1.93 bits per heavy atom. The van der Waals surface area contributed by atoms with Gasteiger partial charge in [-0.15, -0.1) is 0 Å². The third-order valence-electron chi connectivity index (χ3n) is 6.77. The fraction of sp³-hybridized carbons (Fsp3) is 0.333. The van der Waals surface area contributed by atoms with Crippen LogP contribution in [0.3, 0.4) is 0 Å². The SMILES string of the molecule is CC1(C)OB(c2ccc3c(c2)S(C)(C)c2cc4ccccc4cc2-3)OC1(C)C. The summed E-state index contributed by atoms with van der Waals surface area (Å²) in [6.45, 7) is 8.43. The molecule has 4 heteroatoms. The third kappa shape index (κ3) is 2.44. The fourth-order valence-electron chi connectivity index (χ4n) is 4.28. The average molecular weight is 390 g/mol. The van der Waals surface area contributed by atoms with Gasteiger partial charge in [0.1, 0.15) is 0 Å². The Hall–Kier alpha value is -1.75. The van der Waals surface area contributed by atoms with E-state index in [1.54, 1.807) is 0 Å². The van der Waals surface area contributed by atoms with E-state index in [4.69, 9.17) is 9.31 Å².